The van der Waals surface area contributed by atoms with Crippen molar-refractivity contribution in [3.63, 3.8) is 0 Å². The summed E-state index contributed by atoms with van der Waals surface area (Å²) in [5, 5.41) is 14.5. The highest BCUT2D eigenvalue weighted by molar-refractivity contribution is 6.30. The van der Waals surface area contributed by atoms with Crippen molar-refractivity contribution in [1.82, 2.24) is 15.1 Å². The first-order valence-electron chi connectivity index (χ1n) is 10.4. The molecule has 2 aromatic carbocycles. The third kappa shape index (κ3) is 7.61. The van der Waals surface area contributed by atoms with E-state index in [1.54, 1.807) is 0 Å². The van der Waals surface area contributed by atoms with E-state index in [1.165, 1.54) is 0 Å². The fraction of sp³-hybridized carbons (Fsp3) is 0.478. The summed E-state index contributed by atoms with van der Waals surface area (Å²) in [5.41, 5.74) is 2.31. The quantitative estimate of drug-likeness (QED) is 0.622. The van der Waals surface area contributed by atoms with E-state index in [9.17, 15) is 5.11 Å². The van der Waals surface area contributed by atoms with Gasteiger partial charge in [0.05, 0.1) is 0 Å². The summed E-state index contributed by atoms with van der Waals surface area (Å²) in [6.45, 7) is 9.96. The molecule has 0 aromatic heterocycles. The topological polar surface area (TPSA) is 48.0 Å². The number of benzene rings is 2. The minimum absolute atomic E-state index is 0.313. The summed E-state index contributed by atoms with van der Waals surface area (Å²) < 4.78 is 5.84. The number of ether oxygens (including phenoxy) is 1. The summed E-state index contributed by atoms with van der Waals surface area (Å²) >= 11 is 6.03. The van der Waals surface area contributed by atoms with Crippen molar-refractivity contribution in [2.45, 2.75) is 26.1 Å². The Morgan fingerprint density at radius 3 is 2.34 bits per heavy atom. The molecule has 2 N–H and O–H groups in total. The van der Waals surface area contributed by atoms with Gasteiger partial charge in [-0.2, -0.15) is 0 Å². The van der Waals surface area contributed by atoms with Crippen LogP contribution in [0.5, 0.6) is 5.75 Å². The maximum absolute atomic E-state index is 10.3. The maximum Gasteiger partial charge on any atom is 0.119 e. The lowest BCUT2D eigenvalue weighted by atomic mass is 10.2. The smallest absolute Gasteiger partial charge is 0.119 e. The summed E-state index contributed by atoms with van der Waals surface area (Å²) in [7, 11) is 0. The Hall–Kier alpha value is -1.63. The molecule has 1 atom stereocenters. The molecular weight excluding hydrogens is 386 g/mol. The number of aliphatic hydroxyl groups is 1. The molecule has 1 aliphatic heterocycles. The molecule has 1 heterocycles. The van der Waals surface area contributed by atoms with E-state index in [0.717, 1.165) is 67.7 Å². The molecule has 1 aliphatic rings. The number of hydrogen-bond acceptors (Lipinski definition) is 5. The number of piperazine rings is 1. The Balaban J connectivity index is 1.39. The van der Waals surface area contributed by atoms with Gasteiger partial charge in [-0.05, 0) is 41.9 Å². The van der Waals surface area contributed by atoms with Crippen LogP contribution in [0.1, 0.15) is 18.1 Å². The van der Waals surface area contributed by atoms with Gasteiger partial charge >= 0.3 is 0 Å². The number of nitrogens with one attached hydrogen (secondary N) is 1. The monoisotopic (exact) mass is 417 g/mol. The van der Waals surface area contributed by atoms with Crippen LogP contribution < -0.4 is 10.1 Å². The van der Waals surface area contributed by atoms with Crippen LogP contribution >= 0.6 is 11.6 Å². The van der Waals surface area contributed by atoms with Crippen LogP contribution in [0.15, 0.2) is 48.5 Å². The van der Waals surface area contributed by atoms with Gasteiger partial charge in [0.25, 0.3) is 0 Å². The Bertz CT molecular complexity index is 750. The first-order chi connectivity index (χ1) is 14.1. The molecule has 2 aromatic rings. The zero-order chi connectivity index (χ0) is 20.5. The summed E-state index contributed by atoms with van der Waals surface area (Å²) in [6.07, 6.45) is -0.479. The molecule has 0 aliphatic carbocycles. The molecule has 3 rings (SSSR count). The summed E-state index contributed by atoms with van der Waals surface area (Å²) in [4.78, 5) is 4.75. The fourth-order valence-corrected chi connectivity index (χ4v) is 3.79. The third-order valence-corrected chi connectivity index (χ3v) is 5.50. The minimum atomic E-state index is -0.479. The zero-order valence-electron chi connectivity index (χ0n) is 17.2. The van der Waals surface area contributed by atoms with Gasteiger partial charge in [-0.15, -0.1) is 0 Å². The van der Waals surface area contributed by atoms with Crippen LogP contribution in [0.25, 0.3) is 0 Å². The predicted octanol–water partition coefficient (Wildman–Crippen LogP) is 3.01. The van der Waals surface area contributed by atoms with Gasteiger partial charge in [-0.1, -0.05) is 42.8 Å². The molecule has 0 amide bonds. The molecule has 29 heavy (non-hydrogen) atoms. The Kier molecular flexibility index (Phi) is 8.77. The molecule has 6 heteroatoms. The van der Waals surface area contributed by atoms with Crippen molar-refractivity contribution >= 4 is 11.6 Å². The van der Waals surface area contributed by atoms with E-state index >= 15 is 0 Å². The molecule has 0 radical (unpaired) electrons. The number of hydrogen-bond donors (Lipinski definition) is 2. The van der Waals surface area contributed by atoms with Crippen LogP contribution in [-0.4, -0.2) is 66.9 Å². The van der Waals surface area contributed by atoms with Gasteiger partial charge < -0.3 is 20.1 Å². The second-order valence-electron chi connectivity index (χ2n) is 7.58. The minimum Gasteiger partial charge on any atom is -0.491 e. The average Bonchev–Trinajstić information content (AvgIpc) is 2.73. The lowest BCUT2D eigenvalue weighted by molar-refractivity contribution is 0.0471. The predicted molar refractivity (Wildman–Crippen MR) is 118 cm³/mol. The molecule has 1 saturated heterocycles. The molecule has 158 valence electrons. The van der Waals surface area contributed by atoms with Crippen LogP contribution in [-0.2, 0) is 13.1 Å². The van der Waals surface area contributed by atoms with Crippen molar-refractivity contribution in [3.05, 3.63) is 64.7 Å². The number of likely N-dealkylation sites (N-methyl/N-ethyl adjacent to an activating group) is 1. The van der Waals surface area contributed by atoms with Gasteiger partial charge in [0.2, 0.25) is 0 Å². The first kappa shape index (κ1) is 22.1. The highest BCUT2D eigenvalue weighted by Gasteiger charge is 2.18. The van der Waals surface area contributed by atoms with Crippen LogP contribution in [0, 0.1) is 0 Å². The summed E-state index contributed by atoms with van der Waals surface area (Å²) in [6, 6.07) is 15.9. The van der Waals surface area contributed by atoms with Gasteiger partial charge in [-0.3, -0.25) is 4.90 Å². The SMILES string of the molecule is CCN1CCN(C[C@H](O)COc2cccc(CNCc3cccc(Cl)c3)c2)CC1. The number of β-amino-alcohol motifs (C(OH)–C–C–N with tert-alkyl or cyclic N) is 1. The van der Waals surface area contributed by atoms with Crippen molar-refractivity contribution < 1.29 is 9.84 Å². The van der Waals surface area contributed by atoms with E-state index in [2.05, 4.69) is 34.2 Å². The van der Waals surface area contributed by atoms with E-state index in [1.807, 2.05) is 36.4 Å². The number of nitrogens with zero attached hydrogens (tertiary/aromatic N) is 2. The summed E-state index contributed by atoms with van der Waals surface area (Å²) in [5.74, 6) is 0.793. The first-order valence-corrected chi connectivity index (χ1v) is 10.8. The van der Waals surface area contributed by atoms with Crippen LogP contribution in [0.3, 0.4) is 0 Å². The van der Waals surface area contributed by atoms with Crippen LogP contribution in [0.4, 0.5) is 0 Å². The normalized spacial score (nSPS) is 16.7. The molecule has 1 fully saturated rings. The molecule has 0 unspecified atom stereocenters. The van der Waals surface area contributed by atoms with E-state index < -0.39 is 6.10 Å². The highest BCUT2D eigenvalue weighted by atomic mass is 35.5. The zero-order valence-corrected chi connectivity index (χ0v) is 17.9. The van der Waals surface area contributed by atoms with Gasteiger partial charge in [0, 0.05) is 50.8 Å². The third-order valence-electron chi connectivity index (χ3n) is 5.27. The molecule has 5 nitrogen and oxygen atoms in total. The Morgan fingerprint density at radius 2 is 1.66 bits per heavy atom. The number of halogens is 1. The number of rotatable bonds is 10. The fourth-order valence-electron chi connectivity index (χ4n) is 3.57. The van der Waals surface area contributed by atoms with Crippen molar-refractivity contribution in [3.8, 4) is 5.75 Å². The lowest BCUT2D eigenvalue weighted by Crippen LogP contribution is -2.49. The average molecular weight is 418 g/mol. The Morgan fingerprint density at radius 1 is 1.00 bits per heavy atom. The molecule has 0 spiro atoms. The van der Waals surface area contributed by atoms with E-state index in [4.69, 9.17) is 16.3 Å². The maximum atomic E-state index is 10.3. The molecular formula is C23H32ClN3O2. The van der Waals surface area contributed by atoms with Gasteiger partial charge in [-0.25, -0.2) is 0 Å². The van der Waals surface area contributed by atoms with Gasteiger partial charge in [0.15, 0.2) is 0 Å². The number of aliphatic hydroxyl groups excluding tert-OH is 1. The lowest BCUT2D eigenvalue weighted by Gasteiger charge is -2.34. The van der Waals surface area contributed by atoms with Crippen molar-refractivity contribution in [2.75, 3.05) is 45.9 Å². The van der Waals surface area contributed by atoms with E-state index in [-0.39, 0.29) is 0 Å². The molecule has 0 bridgehead atoms. The highest BCUT2D eigenvalue weighted by Crippen LogP contribution is 2.15. The second kappa shape index (κ2) is 11.5. The van der Waals surface area contributed by atoms with Crippen LogP contribution in [0.2, 0.25) is 5.02 Å². The van der Waals surface area contributed by atoms with Gasteiger partial charge in [0.1, 0.15) is 18.5 Å². The largest absolute Gasteiger partial charge is 0.491 e. The standard InChI is InChI=1S/C23H32ClN3O2/c1-2-26-9-11-27(12-10-26)17-22(28)18-29-23-8-4-6-20(14-23)16-25-15-19-5-3-7-21(24)13-19/h3-8,13-14,22,25,28H,2,9-12,15-18H2,1H3/t22-/m0/s1. The van der Waals surface area contributed by atoms with E-state index in [0.29, 0.717) is 13.2 Å². The molecule has 0 saturated carbocycles. The van der Waals surface area contributed by atoms with Crippen molar-refractivity contribution in [1.29, 1.82) is 0 Å². The Labute approximate surface area is 179 Å². The second-order valence-corrected chi connectivity index (χ2v) is 8.02. The van der Waals surface area contributed by atoms with Crippen molar-refractivity contribution in [2.24, 2.45) is 0 Å².